The van der Waals surface area contributed by atoms with E-state index in [0.29, 0.717) is 18.5 Å². The Hall–Kier alpha value is -2.69. The van der Waals surface area contributed by atoms with Crippen LogP contribution in [0.15, 0.2) is 48.5 Å². The van der Waals surface area contributed by atoms with Crippen LogP contribution in [0.3, 0.4) is 0 Å². The largest absolute Gasteiger partial charge is 0.336 e. The van der Waals surface area contributed by atoms with Crippen molar-refractivity contribution in [3.05, 3.63) is 65.5 Å². The van der Waals surface area contributed by atoms with Crippen LogP contribution >= 0.6 is 0 Å². The predicted molar refractivity (Wildman–Crippen MR) is 92.2 cm³/mol. The summed E-state index contributed by atoms with van der Waals surface area (Å²) >= 11 is 0. The fourth-order valence-corrected chi connectivity index (χ4v) is 2.23. The van der Waals surface area contributed by atoms with Gasteiger partial charge in [-0.3, -0.25) is 9.59 Å². The zero-order valence-electron chi connectivity index (χ0n) is 13.9. The van der Waals surface area contributed by atoms with E-state index < -0.39 is 0 Å². The SMILES string of the molecule is Cc1ccc(CCC(=O)N(C)CC(=O)Nc2ccc(F)cc2)cc1. The first-order chi connectivity index (χ1) is 11.4. The molecule has 4 nitrogen and oxygen atoms in total. The highest BCUT2D eigenvalue weighted by atomic mass is 19.1. The Morgan fingerprint density at radius 1 is 1.04 bits per heavy atom. The smallest absolute Gasteiger partial charge is 0.243 e. The molecule has 2 aromatic carbocycles. The molecule has 2 aromatic rings. The molecule has 0 unspecified atom stereocenters. The predicted octanol–water partition coefficient (Wildman–Crippen LogP) is 3.16. The molecule has 2 rings (SSSR count). The van der Waals surface area contributed by atoms with Gasteiger partial charge in [0.1, 0.15) is 5.82 Å². The van der Waals surface area contributed by atoms with Crippen LogP contribution in [0.1, 0.15) is 17.5 Å². The van der Waals surface area contributed by atoms with E-state index in [0.717, 1.165) is 5.56 Å². The monoisotopic (exact) mass is 328 g/mol. The van der Waals surface area contributed by atoms with E-state index in [1.165, 1.54) is 34.7 Å². The van der Waals surface area contributed by atoms with Gasteiger partial charge >= 0.3 is 0 Å². The van der Waals surface area contributed by atoms with E-state index >= 15 is 0 Å². The Labute approximate surface area is 141 Å². The minimum atomic E-state index is -0.364. The van der Waals surface area contributed by atoms with E-state index in [-0.39, 0.29) is 24.2 Å². The molecule has 126 valence electrons. The summed E-state index contributed by atoms with van der Waals surface area (Å²) in [5.74, 6) is -0.769. The van der Waals surface area contributed by atoms with Crippen molar-refractivity contribution >= 4 is 17.5 Å². The fourth-order valence-electron chi connectivity index (χ4n) is 2.23. The molecule has 0 saturated heterocycles. The Balaban J connectivity index is 1.78. The molecular weight excluding hydrogens is 307 g/mol. The zero-order valence-corrected chi connectivity index (χ0v) is 13.9. The van der Waals surface area contributed by atoms with Crippen LogP contribution in [0.4, 0.5) is 10.1 Å². The number of benzene rings is 2. The number of amides is 2. The molecule has 0 aliphatic rings. The lowest BCUT2D eigenvalue weighted by Crippen LogP contribution is -2.35. The lowest BCUT2D eigenvalue weighted by Gasteiger charge is -2.17. The average molecular weight is 328 g/mol. The molecule has 0 heterocycles. The van der Waals surface area contributed by atoms with Crippen LogP contribution in [-0.4, -0.2) is 30.3 Å². The third-order valence-electron chi connectivity index (χ3n) is 3.68. The summed E-state index contributed by atoms with van der Waals surface area (Å²) in [7, 11) is 1.60. The Kier molecular flexibility index (Phi) is 6.07. The van der Waals surface area contributed by atoms with Gasteiger partial charge in [0.15, 0.2) is 0 Å². The van der Waals surface area contributed by atoms with Crippen LogP contribution in [-0.2, 0) is 16.0 Å². The number of hydrogen-bond acceptors (Lipinski definition) is 2. The first-order valence-corrected chi connectivity index (χ1v) is 7.79. The summed E-state index contributed by atoms with van der Waals surface area (Å²) in [4.78, 5) is 25.4. The fraction of sp³-hybridized carbons (Fsp3) is 0.263. The van der Waals surface area contributed by atoms with Crippen LogP contribution in [0.25, 0.3) is 0 Å². The maximum Gasteiger partial charge on any atom is 0.243 e. The van der Waals surface area contributed by atoms with Crippen LogP contribution < -0.4 is 5.32 Å². The first-order valence-electron chi connectivity index (χ1n) is 7.79. The van der Waals surface area contributed by atoms with Gasteiger partial charge in [-0.25, -0.2) is 4.39 Å². The van der Waals surface area contributed by atoms with Crippen molar-refractivity contribution < 1.29 is 14.0 Å². The molecule has 0 saturated carbocycles. The topological polar surface area (TPSA) is 49.4 Å². The number of halogens is 1. The molecule has 0 radical (unpaired) electrons. The van der Waals surface area contributed by atoms with Gasteiger partial charge in [-0.05, 0) is 43.2 Å². The van der Waals surface area contributed by atoms with E-state index in [1.807, 2.05) is 31.2 Å². The van der Waals surface area contributed by atoms with Gasteiger partial charge in [0, 0.05) is 19.2 Å². The minimum absolute atomic E-state index is 0.0376. The summed E-state index contributed by atoms with van der Waals surface area (Å²) in [6.45, 7) is 1.98. The maximum atomic E-state index is 12.8. The summed E-state index contributed by atoms with van der Waals surface area (Å²) in [6, 6.07) is 13.5. The normalized spacial score (nSPS) is 10.3. The number of nitrogens with zero attached hydrogens (tertiary/aromatic N) is 1. The number of hydrogen-bond donors (Lipinski definition) is 1. The molecular formula is C19H21FN2O2. The third kappa shape index (κ3) is 5.50. The average Bonchev–Trinajstić information content (AvgIpc) is 2.56. The Bertz CT molecular complexity index is 696. The van der Waals surface area contributed by atoms with Crippen molar-refractivity contribution in [2.45, 2.75) is 19.8 Å². The number of anilines is 1. The van der Waals surface area contributed by atoms with Gasteiger partial charge in [-0.2, -0.15) is 0 Å². The zero-order chi connectivity index (χ0) is 17.5. The van der Waals surface area contributed by atoms with Gasteiger partial charge in [0.2, 0.25) is 11.8 Å². The second-order valence-electron chi connectivity index (χ2n) is 5.79. The second-order valence-corrected chi connectivity index (χ2v) is 5.79. The second kappa shape index (κ2) is 8.24. The number of rotatable bonds is 6. The van der Waals surface area contributed by atoms with E-state index in [2.05, 4.69) is 5.32 Å². The number of carbonyl (C=O) groups is 2. The molecule has 0 aromatic heterocycles. The van der Waals surface area contributed by atoms with Gasteiger partial charge in [0.05, 0.1) is 6.54 Å². The quantitative estimate of drug-likeness (QED) is 0.885. The maximum absolute atomic E-state index is 12.8. The lowest BCUT2D eigenvalue weighted by molar-refractivity contribution is -0.133. The Morgan fingerprint density at radius 2 is 1.67 bits per heavy atom. The van der Waals surface area contributed by atoms with Crippen molar-refractivity contribution in [1.82, 2.24) is 4.90 Å². The Morgan fingerprint density at radius 3 is 2.29 bits per heavy atom. The highest BCUT2D eigenvalue weighted by molar-refractivity contribution is 5.94. The molecule has 5 heteroatoms. The number of likely N-dealkylation sites (N-methyl/N-ethyl adjacent to an activating group) is 1. The molecule has 24 heavy (non-hydrogen) atoms. The molecule has 0 aliphatic heterocycles. The number of carbonyl (C=O) groups excluding carboxylic acids is 2. The molecule has 0 atom stereocenters. The van der Waals surface area contributed by atoms with Crippen LogP contribution in [0, 0.1) is 12.7 Å². The highest BCUT2D eigenvalue weighted by Gasteiger charge is 2.13. The van der Waals surface area contributed by atoms with E-state index in [1.54, 1.807) is 7.05 Å². The molecule has 0 spiro atoms. The van der Waals surface area contributed by atoms with Crippen molar-refractivity contribution in [2.24, 2.45) is 0 Å². The number of nitrogens with one attached hydrogen (secondary N) is 1. The molecule has 0 fully saturated rings. The molecule has 2 amide bonds. The highest BCUT2D eigenvalue weighted by Crippen LogP contribution is 2.09. The number of aryl methyl sites for hydroxylation is 2. The summed E-state index contributed by atoms with van der Waals surface area (Å²) in [6.07, 6.45) is 0.992. The van der Waals surface area contributed by atoms with Gasteiger partial charge in [-0.1, -0.05) is 29.8 Å². The summed E-state index contributed by atoms with van der Waals surface area (Å²) in [5.41, 5.74) is 2.78. The third-order valence-corrected chi connectivity index (χ3v) is 3.68. The van der Waals surface area contributed by atoms with Crippen molar-refractivity contribution in [3.8, 4) is 0 Å². The van der Waals surface area contributed by atoms with Crippen molar-refractivity contribution in [2.75, 3.05) is 18.9 Å². The first kappa shape index (κ1) is 17.7. The standard InChI is InChI=1S/C19H21FN2O2/c1-14-3-5-15(6-4-14)7-12-19(24)22(2)13-18(23)21-17-10-8-16(20)9-11-17/h3-6,8-11H,7,12-13H2,1-2H3,(H,21,23). The van der Waals surface area contributed by atoms with Crippen LogP contribution in [0.5, 0.6) is 0 Å². The van der Waals surface area contributed by atoms with Gasteiger partial charge in [0.25, 0.3) is 0 Å². The van der Waals surface area contributed by atoms with E-state index in [4.69, 9.17) is 0 Å². The van der Waals surface area contributed by atoms with Crippen LogP contribution in [0.2, 0.25) is 0 Å². The van der Waals surface area contributed by atoms with Gasteiger partial charge < -0.3 is 10.2 Å². The molecule has 1 N–H and O–H groups in total. The summed E-state index contributed by atoms with van der Waals surface area (Å²) in [5, 5.41) is 2.64. The van der Waals surface area contributed by atoms with Crippen molar-refractivity contribution in [1.29, 1.82) is 0 Å². The van der Waals surface area contributed by atoms with Gasteiger partial charge in [-0.15, -0.1) is 0 Å². The van der Waals surface area contributed by atoms with Crippen molar-refractivity contribution in [3.63, 3.8) is 0 Å². The summed E-state index contributed by atoms with van der Waals surface area (Å²) < 4.78 is 12.8. The minimum Gasteiger partial charge on any atom is -0.336 e. The molecule has 0 bridgehead atoms. The molecule has 0 aliphatic carbocycles. The lowest BCUT2D eigenvalue weighted by atomic mass is 10.1. The van der Waals surface area contributed by atoms with E-state index in [9.17, 15) is 14.0 Å².